The molecule has 1 unspecified atom stereocenters. The molecule has 0 spiro atoms. The Hall–Kier alpha value is -0.910. The molecule has 0 radical (unpaired) electrons. The molecule has 108 valence electrons. The number of ether oxygens (including phenoxy) is 2. The van der Waals surface area contributed by atoms with E-state index < -0.39 is 0 Å². The number of hydrogen-bond donors (Lipinski definition) is 2. The lowest BCUT2D eigenvalue weighted by Gasteiger charge is -2.18. The molecular weight excluding hydrogens is 260 g/mol. The monoisotopic (exact) mass is 284 g/mol. The average Bonchev–Trinajstić information content (AvgIpc) is 2.43. The van der Waals surface area contributed by atoms with Crippen LogP contribution in [0.15, 0.2) is 18.2 Å². The first kappa shape index (κ1) is 16.1. The van der Waals surface area contributed by atoms with Crippen LogP contribution in [0.2, 0.25) is 0 Å². The number of benzene rings is 1. The Morgan fingerprint density at radius 2 is 1.89 bits per heavy atom. The molecule has 0 aliphatic heterocycles. The Morgan fingerprint density at radius 1 is 1.21 bits per heavy atom. The maximum atomic E-state index is 5.64. The van der Waals surface area contributed by atoms with Crippen LogP contribution in [0.3, 0.4) is 0 Å². The van der Waals surface area contributed by atoms with Crippen LogP contribution in [-0.4, -0.2) is 25.2 Å². The van der Waals surface area contributed by atoms with Crippen molar-refractivity contribution in [3.8, 4) is 11.5 Å². The number of hydrazine groups is 1. The van der Waals surface area contributed by atoms with Crippen LogP contribution < -0.4 is 20.7 Å². The second-order valence-corrected chi connectivity index (χ2v) is 5.06. The first-order valence-corrected chi connectivity index (χ1v) is 8.00. The zero-order valence-corrected chi connectivity index (χ0v) is 12.8. The number of thioether (sulfide) groups is 1. The Morgan fingerprint density at radius 3 is 2.47 bits per heavy atom. The summed E-state index contributed by atoms with van der Waals surface area (Å²) in [6.45, 7) is 5.18. The van der Waals surface area contributed by atoms with Crippen molar-refractivity contribution in [2.45, 2.75) is 26.3 Å². The van der Waals surface area contributed by atoms with Crippen molar-refractivity contribution >= 4 is 11.8 Å². The molecule has 1 aromatic carbocycles. The normalized spacial score (nSPS) is 12.2. The Balaban J connectivity index is 2.91. The minimum absolute atomic E-state index is 0.141. The predicted octanol–water partition coefficient (Wildman–Crippen LogP) is 2.74. The van der Waals surface area contributed by atoms with Crippen molar-refractivity contribution in [3.63, 3.8) is 0 Å². The third kappa shape index (κ3) is 4.93. The van der Waals surface area contributed by atoms with Gasteiger partial charge in [-0.25, -0.2) is 0 Å². The fourth-order valence-electron chi connectivity index (χ4n) is 1.87. The van der Waals surface area contributed by atoms with Gasteiger partial charge in [0.05, 0.1) is 13.2 Å². The summed E-state index contributed by atoms with van der Waals surface area (Å²) in [7, 11) is 0. The topological polar surface area (TPSA) is 56.5 Å². The Bertz CT molecular complexity index is 374. The van der Waals surface area contributed by atoms with Gasteiger partial charge in [-0.2, -0.15) is 11.8 Å². The predicted molar refractivity (Wildman–Crippen MR) is 81.8 cm³/mol. The van der Waals surface area contributed by atoms with E-state index in [0.717, 1.165) is 29.2 Å². The highest BCUT2D eigenvalue weighted by molar-refractivity contribution is 7.98. The second kappa shape index (κ2) is 9.07. The van der Waals surface area contributed by atoms with Crippen LogP contribution in [0.5, 0.6) is 11.5 Å². The number of nitrogens with two attached hydrogens (primary N) is 1. The zero-order chi connectivity index (χ0) is 14.1. The highest BCUT2D eigenvalue weighted by Gasteiger charge is 2.13. The number of rotatable bonds is 9. The first-order chi connectivity index (χ1) is 9.26. The summed E-state index contributed by atoms with van der Waals surface area (Å²) in [5.74, 6) is 8.27. The van der Waals surface area contributed by atoms with Gasteiger partial charge in [0.1, 0.15) is 0 Å². The maximum Gasteiger partial charge on any atom is 0.161 e. The fourth-order valence-corrected chi connectivity index (χ4v) is 2.34. The van der Waals surface area contributed by atoms with Crippen LogP contribution in [0, 0.1) is 0 Å². The molecule has 0 saturated carbocycles. The molecule has 0 bridgehead atoms. The van der Waals surface area contributed by atoms with Crippen LogP contribution >= 0.6 is 11.8 Å². The van der Waals surface area contributed by atoms with E-state index in [-0.39, 0.29) is 6.04 Å². The zero-order valence-electron chi connectivity index (χ0n) is 11.9. The molecule has 3 N–H and O–H groups in total. The molecule has 1 rings (SSSR count). The number of nitrogens with one attached hydrogen (secondary N) is 1. The number of hydrogen-bond acceptors (Lipinski definition) is 5. The van der Waals surface area contributed by atoms with Crippen molar-refractivity contribution in [3.05, 3.63) is 23.8 Å². The van der Waals surface area contributed by atoms with E-state index >= 15 is 0 Å². The molecule has 19 heavy (non-hydrogen) atoms. The summed E-state index contributed by atoms with van der Waals surface area (Å²) in [5, 5.41) is 0. The van der Waals surface area contributed by atoms with Crippen LogP contribution in [-0.2, 0) is 0 Å². The van der Waals surface area contributed by atoms with Crippen molar-refractivity contribution in [2.24, 2.45) is 5.84 Å². The molecule has 0 aromatic heterocycles. The quantitative estimate of drug-likeness (QED) is 0.539. The maximum absolute atomic E-state index is 5.64. The fraction of sp³-hybridized carbons (Fsp3) is 0.571. The molecule has 0 heterocycles. The van der Waals surface area contributed by atoms with Gasteiger partial charge < -0.3 is 9.47 Å². The van der Waals surface area contributed by atoms with Gasteiger partial charge >= 0.3 is 0 Å². The standard InChI is InChI=1S/C14H24N2O2S/c1-4-17-13-7-6-11(10-14(13)18-5-2)12(16-15)8-9-19-3/h6-7,10,12,16H,4-5,8-9,15H2,1-3H3. The summed E-state index contributed by atoms with van der Waals surface area (Å²) in [4.78, 5) is 0. The molecule has 5 heteroatoms. The molecular formula is C14H24N2O2S. The van der Waals surface area contributed by atoms with Gasteiger partial charge in [0.25, 0.3) is 0 Å². The molecule has 0 saturated heterocycles. The lowest BCUT2D eigenvalue weighted by molar-refractivity contribution is 0.287. The molecule has 0 aliphatic carbocycles. The van der Waals surface area contributed by atoms with Crippen LogP contribution in [0.4, 0.5) is 0 Å². The van der Waals surface area contributed by atoms with Crippen LogP contribution in [0.25, 0.3) is 0 Å². The SMILES string of the molecule is CCOc1ccc(C(CCSC)NN)cc1OCC. The summed E-state index contributed by atoms with van der Waals surface area (Å²) in [5.41, 5.74) is 3.99. The molecule has 4 nitrogen and oxygen atoms in total. The summed E-state index contributed by atoms with van der Waals surface area (Å²) in [6, 6.07) is 6.15. The van der Waals surface area contributed by atoms with E-state index in [4.69, 9.17) is 15.3 Å². The van der Waals surface area contributed by atoms with E-state index in [9.17, 15) is 0 Å². The van der Waals surface area contributed by atoms with Gasteiger partial charge in [-0.15, -0.1) is 0 Å². The Labute approximate surface area is 120 Å². The summed E-state index contributed by atoms with van der Waals surface area (Å²) >= 11 is 1.81. The second-order valence-electron chi connectivity index (χ2n) is 4.07. The minimum Gasteiger partial charge on any atom is -0.490 e. The van der Waals surface area contributed by atoms with Crippen LogP contribution in [0.1, 0.15) is 31.9 Å². The van der Waals surface area contributed by atoms with E-state index in [0.29, 0.717) is 13.2 Å². The first-order valence-electron chi connectivity index (χ1n) is 6.61. The average molecular weight is 284 g/mol. The minimum atomic E-state index is 0.141. The molecule has 0 amide bonds. The van der Waals surface area contributed by atoms with E-state index in [1.165, 1.54) is 0 Å². The van der Waals surface area contributed by atoms with Gasteiger partial charge in [-0.05, 0) is 50.0 Å². The molecule has 1 atom stereocenters. The van der Waals surface area contributed by atoms with Gasteiger partial charge in [0.2, 0.25) is 0 Å². The third-order valence-corrected chi connectivity index (χ3v) is 3.43. The van der Waals surface area contributed by atoms with E-state index in [2.05, 4.69) is 11.7 Å². The van der Waals surface area contributed by atoms with Crippen molar-refractivity contribution < 1.29 is 9.47 Å². The molecule has 1 aromatic rings. The smallest absolute Gasteiger partial charge is 0.161 e. The highest BCUT2D eigenvalue weighted by Crippen LogP contribution is 2.31. The highest BCUT2D eigenvalue weighted by atomic mass is 32.2. The van der Waals surface area contributed by atoms with Crippen molar-refractivity contribution in [1.82, 2.24) is 5.43 Å². The molecule has 0 fully saturated rings. The lowest BCUT2D eigenvalue weighted by atomic mass is 10.0. The third-order valence-electron chi connectivity index (χ3n) is 2.78. The van der Waals surface area contributed by atoms with Gasteiger partial charge in [-0.3, -0.25) is 11.3 Å². The van der Waals surface area contributed by atoms with Gasteiger partial charge in [0, 0.05) is 6.04 Å². The summed E-state index contributed by atoms with van der Waals surface area (Å²) < 4.78 is 11.2. The molecule has 0 aliphatic rings. The van der Waals surface area contributed by atoms with E-state index in [1.807, 2.05) is 43.8 Å². The van der Waals surface area contributed by atoms with Crippen molar-refractivity contribution in [1.29, 1.82) is 0 Å². The Kier molecular flexibility index (Phi) is 7.70. The van der Waals surface area contributed by atoms with Gasteiger partial charge in [-0.1, -0.05) is 6.07 Å². The largest absolute Gasteiger partial charge is 0.490 e. The van der Waals surface area contributed by atoms with Gasteiger partial charge in [0.15, 0.2) is 11.5 Å². The lowest BCUT2D eigenvalue weighted by Crippen LogP contribution is -2.28. The van der Waals surface area contributed by atoms with E-state index in [1.54, 1.807) is 0 Å². The summed E-state index contributed by atoms with van der Waals surface area (Å²) in [6.07, 6.45) is 3.08. The van der Waals surface area contributed by atoms with Crippen molar-refractivity contribution in [2.75, 3.05) is 25.2 Å².